The van der Waals surface area contributed by atoms with E-state index in [4.69, 9.17) is 0 Å². The molecule has 0 fully saturated rings. The van der Waals surface area contributed by atoms with Crippen molar-refractivity contribution in [2.45, 2.75) is 13.8 Å². The fourth-order valence-corrected chi connectivity index (χ4v) is 2.16. The Morgan fingerprint density at radius 1 is 0.850 bits per heavy atom. The molecule has 0 radical (unpaired) electrons. The van der Waals surface area contributed by atoms with E-state index < -0.39 is 0 Å². The SMILES string of the molecule is C=C/N=C(\C(C)=C(/C)c1ccccc1)c1ccccc1. The molecule has 0 unspecified atom stereocenters. The zero-order valence-electron chi connectivity index (χ0n) is 12.0. The second kappa shape index (κ2) is 6.67. The molecule has 2 aromatic carbocycles. The summed E-state index contributed by atoms with van der Waals surface area (Å²) >= 11 is 0. The average molecular weight is 261 g/mol. The van der Waals surface area contributed by atoms with Gasteiger partial charge in [-0.3, -0.25) is 4.99 Å². The first-order chi connectivity index (χ1) is 9.74. The van der Waals surface area contributed by atoms with Crippen molar-refractivity contribution in [3.8, 4) is 0 Å². The molecule has 1 nitrogen and oxygen atoms in total. The minimum atomic E-state index is 0.974. The molecule has 0 aliphatic heterocycles. The molecule has 0 aliphatic carbocycles. The molecule has 0 atom stereocenters. The number of rotatable bonds is 4. The smallest absolute Gasteiger partial charge is 0.0733 e. The third-order valence-electron chi connectivity index (χ3n) is 3.39. The Morgan fingerprint density at radius 3 is 1.85 bits per heavy atom. The molecule has 2 aromatic rings. The first-order valence-electron chi connectivity index (χ1n) is 6.71. The third kappa shape index (κ3) is 3.12. The topological polar surface area (TPSA) is 12.4 Å². The van der Waals surface area contributed by atoms with Gasteiger partial charge in [-0.15, -0.1) is 0 Å². The summed E-state index contributed by atoms with van der Waals surface area (Å²) in [5, 5.41) is 0. The number of hydrogen-bond acceptors (Lipinski definition) is 1. The molecule has 0 bridgehead atoms. The minimum absolute atomic E-state index is 0.974. The summed E-state index contributed by atoms with van der Waals surface area (Å²) in [5.41, 5.74) is 5.71. The molecule has 0 saturated carbocycles. The highest BCUT2D eigenvalue weighted by atomic mass is 14.7. The third-order valence-corrected chi connectivity index (χ3v) is 3.39. The van der Waals surface area contributed by atoms with Gasteiger partial charge in [0.05, 0.1) is 5.71 Å². The van der Waals surface area contributed by atoms with Gasteiger partial charge in [0.25, 0.3) is 0 Å². The second-order valence-electron chi connectivity index (χ2n) is 4.64. The molecule has 0 aliphatic rings. The number of hydrogen-bond donors (Lipinski definition) is 0. The van der Waals surface area contributed by atoms with Crippen molar-refractivity contribution in [1.82, 2.24) is 0 Å². The van der Waals surface area contributed by atoms with E-state index in [2.05, 4.69) is 61.8 Å². The second-order valence-corrected chi connectivity index (χ2v) is 4.64. The Balaban J connectivity index is 2.50. The largest absolute Gasteiger partial charge is 0.257 e. The molecular formula is C19H19N. The maximum Gasteiger partial charge on any atom is 0.0733 e. The van der Waals surface area contributed by atoms with Crippen molar-refractivity contribution in [1.29, 1.82) is 0 Å². The van der Waals surface area contributed by atoms with Crippen LogP contribution in [0.1, 0.15) is 25.0 Å². The van der Waals surface area contributed by atoms with E-state index in [0.29, 0.717) is 0 Å². The molecule has 0 amide bonds. The Hall–Kier alpha value is -2.41. The van der Waals surface area contributed by atoms with Crippen LogP contribution in [-0.2, 0) is 0 Å². The summed E-state index contributed by atoms with van der Waals surface area (Å²) in [6.45, 7) is 7.97. The predicted molar refractivity (Wildman–Crippen MR) is 87.9 cm³/mol. The first kappa shape index (κ1) is 14.0. The van der Waals surface area contributed by atoms with Crippen molar-refractivity contribution in [2.24, 2.45) is 4.99 Å². The monoisotopic (exact) mass is 261 g/mol. The van der Waals surface area contributed by atoms with Gasteiger partial charge in [-0.25, -0.2) is 0 Å². The number of nitrogens with zero attached hydrogens (tertiary/aromatic N) is 1. The van der Waals surface area contributed by atoms with E-state index in [9.17, 15) is 0 Å². The van der Waals surface area contributed by atoms with Crippen LogP contribution >= 0.6 is 0 Å². The van der Waals surface area contributed by atoms with Crippen LogP contribution in [0.4, 0.5) is 0 Å². The predicted octanol–water partition coefficient (Wildman–Crippen LogP) is 5.11. The molecule has 0 N–H and O–H groups in total. The van der Waals surface area contributed by atoms with E-state index in [-0.39, 0.29) is 0 Å². The molecule has 2 rings (SSSR count). The van der Waals surface area contributed by atoms with Crippen molar-refractivity contribution < 1.29 is 0 Å². The summed E-state index contributed by atoms with van der Waals surface area (Å²) < 4.78 is 0. The summed E-state index contributed by atoms with van der Waals surface area (Å²) in [7, 11) is 0. The van der Waals surface area contributed by atoms with Gasteiger partial charge in [0.15, 0.2) is 0 Å². The van der Waals surface area contributed by atoms with Crippen molar-refractivity contribution >= 4 is 11.3 Å². The maximum atomic E-state index is 4.46. The Labute approximate surface area is 121 Å². The summed E-state index contributed by atoms with van der Waals surface area (Å²) in [4.78, 5) is 4.46. The highest BCUT2D eigenvalue weighted by molar-refractivity contribution is 6.16. The van der Waals surface area contributed by atoms with Gasteiger partial charge in [0, 0.05) is 11.8 Å². The minimum Gasteiger partial charge on any atom is -0.257 e. The lowest BCUT2D eigenvalue weighted by molar-refractivity contribution is 1.44. The van der Waals surface area contributed by atoms with Gasteiger partial charge < -0.3 is 0 Å². The van der Waals surface area contributed by atoms with Gasteiger partial charge in [-0.2, -0.15) is 0 Å². The van der Waals surface area contributed by atoms with E-state index in [0.717, 1.165) is 11.3 Å². The molecule has 1 heteroatoms. The summed E-state index contributed by atoms with van der Waals surface area (Å²) in [5.74, 6) is 0. The molecule has 0 heterocycles. The van der Waals surface area contributed by atoms with Gasteiger partial charge in [0.2, 0.25) is 0 Å². The van der Waals surface area contributed by atoms with E-state index in [1.54, 1.807) is 6.20 Å². The molecule has 0 spiro atoms. The fourth-order valence-electron chi connectivity index (χ4n) is 2.16. The molecule has 100 valence electrons. The van der Waals surface area contributed by atoms with Crippen LogP contribution in [0.5, 0.6) is 0 Å². The van der Waals surface area contributed by atoms with Crippen LogP contribution in [0.15, 0.2) is 84.0 Å². The van der Waals surface area contributed by atoms with Gasteiger partial charge in [0.1, 0.15) is 0 Å². The first-order valence-corrected chi connectivity index (χ1v) is 6.71. The Kier molecular flexibility index (Phi) is 4.67. The van der Waals surface area contributed by atoms with Gasteiger partial charge in [-0.1, -0.05) is 67.2 Å². The lowest BCUT2D eigenvalue weighted by Gasteiger charge is -2.11. The van der Waals surface area contributed by atoms with Crippen LogP contribution in [0.25, 0.3) is 5.57 Å². The molecule has 20 heavy (non-hydrogen) atoms. The highest BCUT2D eigenvalue weighted by Gasteiger charge is 2.09. The van der Waals surface area contributed by atoms with Crippen LogP contribution < -0.4 is 0 Å². The lowest BCUT2D eigenvalue weighted by Crippen LogP contribution is -2.04. The van der Waals surface area contributed by atoms with E-state index in [1.165, 1.54) is 16.7 Å². The Morgan fingerprint density at radius 2 is 1.35 bits per heavy atom. The summed E-state index contributed by atoms with van der Waals surface area (Å²) in [6, 6.07) is 20.6. The lowest BCUT2D eigenvalue weighted by atomic mass is 9.95. The quantitative estimate of drug-likeness (QED) is 0.678. The number of benzene rings is 2. The van der Waals surface area contributed by atoms with Crippen LogP contribution in [0.2, 0.25) is 0 Å². The zero-order chi connectivity index (χ0) is 14.4. The molecule has 0 aromatic heterocycles. The highest BCUT2D eigenvalue weighted by Crippen LogP contribution is 2.21. The normalized spacial score (nSPS) is 12.8. The van der Waals surface area contributed by atoms with Gasteiger partial charge >= 0.3 is 0 Å². The van der Waals surface area contributed by atoms with E-state index in [1.807, 2.05) is 24.3 Å². The van der Waals surface area contributed by atoms with Crippen LogP contribution in [0.3, 0.4) is 0 Å². The standard InChI is InChI=1S/C19H19N/c1-4-20-19(18-13-9-6-10-14-18)16(3)15(2)17-11-7-5-8-12-17/h4-14H,1H2,2-3H3/b16-15+,20-19+. The molecular weight excluding hydrogens is 242 g/mol. The fraction of sp³-hybridized carbons (Fsp3) is 0.105. The number of allylic oxidation sites excluding steroid dienone is 2. The van der Waals surface area contributed by atoms with Crippen LogP contribution in [0, 0.1) is 0 Å². The van der Waals surface area contributed by atoms with Crippen molar-refractivity contribution in [3.63, 3.8) is 0 Å². The zero-order valence-corrected chi connectivity index (χ0v) is 12.0. The van der Waals surface area contributed by atoms with Crippen molar-refractivity contribution in [2.75, 3.05) is 0 Å². The number of aliphatic imine (C=N–C) groups is 1. The van der Waals surface area contributed by atoms with E-state index >= 15 is 0 Å². The van der Waals surface area contributed by atoms with Crippen LogP contribution in [-0.4, -0.2) is 5.71 Å². The Bertz CT molecular complexity index is 634. The molecule has 0 saturated heterocycles. The van der Waals surface area contributed by atoms with Gasteiger partial charge in [-0.05, 0) is 30.6 Å². The average Bonchev–Trinajstić information content (AvgIpc) is 2.53. The summed E-state index contributed by atoms with van der Waals surface area (Å²) in [6.07, 6.45) is 1.60. The van der Waals surface area contributed by atoms with Crippen molar-refractivity contribution in [3.05, 3.63) is 90.1 Å². The maximum absolute atomic E-state index is 4.46.